The van der Waals surface area contributed by atoms with Crippen LogP contribution in [0.3, 0.4) is 0 Å². The van der Waals surface area contributed by atoms with Gasteiger partial charge in [-0.15, -0.1) is 0 Å². The fourth-order valence-electron chi connectivity index (χ4n) is 5.44. The van der Waals surface area contributed by atoms with Crippen molar-refractivity contribution in [1.82, 2.24) is 24.6 Å². The van der Waals surface area contributed by atoms with Gasteiger partial charge < -0.3 is 20.3 Å². The van der Waals surface area contributed by atoms with Crippen LogP contribution in [0.5, 0.6) is 0 Å². The number of alkyl halides is 1. The Balaban J connectivity index is 1.86. The summed E-state index contributed by atoms with van der Waals surface area (Å²) < 4.78 is 50.1. The molecule has 4 rings (SSSR count). The van der Waals surface area contributed by atoms with Crippen LogP contribution in [0.4, 0.5) is 18.0 Å². The van der Waals surface area contributed by atoms with Crippen LogP contribution in [-0.4, -0.2) is 75.2 Å². The van der Waals surface area contributed by atoms with Crippen LogP contribution in [0, 0.1) is 17.0 Å². The summed E-state index contributed by atoms with van der Waals surface area (Å²) in [6.45, 7) is 10.3. The van der Waals surface area contributed by atoms with E-state index in [0.29, 0.717) is 18.9 Å². The molecule has 0 unspecified atom stereocenters. The maximum atomic E-state index is 14.9. The molecule has 2 N–H and O–H groups in total. The van der Waals surface area contributed by atoms with Crippen LogP contribution in [0.25, 0.3) is 11.4 Å². The Kier molecular flexibility index (Phi) is 9.93. The van der Waals surface area contributed by atoms with Gasteiger partial charge in [0.25, 0.3) is 0 Å². The number of amides is 2. The van der Waals surface area contributed by atoms with Gasteiger partial charge in [0.1, 0.15) is 18.3 Å². The van der Waals surface area contributed by atoms with Gasteiger partial charge in [-0.1, -0.05) is 51.1 Å². The molecule has 0 aliphatic carbocycles. The number of rotatable bonds is 9. The molecule has 228 valence electrons. The Morgan fingerprint density at radius 1 is 1.12 bits per heavy atom. The van der Waals surface area contributed by atoms with Crippen LogP contribution in [0.1, 0.15) is 58.5 Å². The summed E-state index contributed by atoms with van der Waals surface area (Å²) in [6, 6.07) is 11.0. The van der Waals surface area contributed by atoms with Crippen LogP contribution < -0.4 is 5.73 Å². The van der Waals surface area contributed by atoms with Gasteiger partial charge in [-0.25, -0.2) is 27.6 Å². The van der Waals surface area contributed by atoms with Gasteiger partial charge in [-0.2, -0.15) is 5.10 Å². The second-order valence-corrected chi connectivity index (χ2v) is 12.2. The number of hydrogen-bond donors (Lipinski definition) is 1. The number of hydrogen-bond acceptors (Lipinski definition) is 5. The molecule has 4 atom stereocenters. The Morgan fingerprint density at radius 2 is 1.79 bits per heavy atom. The number of aromatic nitrogens is 3. The Hall–Kier alpha value is -3.44. The summed E-state index contributed by atoms with van der Waals surface area (Å²) in [5, 5.41) is 4.64. The van der Waals surface area contributed by atoms with Crippen LogP contribution in [0.2, 0.25) is 0 Å². The summed E-state index contributed by atoms with van der Waals surface area (Å²) in [5.74, 6) is -0.868. The molecule has 1 fully saturated rings. The van der Waals surface area contributed by atoms with Gasteiger partial charge in [-0.3, -0.25) is 0 Å². The molecule has 11 heteroatoms. The van der Waals surface area contributed by atoms with Crippen molar-refractivity contribution in [1.29, 1.82) is 0 Å². The van der Waals surface area contributed by atoms with Crippen molar-refractivity contribution in [3.63, 3.8) is 0 Å². The van der Waals surface area contributed by atoms with E-state index in [2.05, 4.69) is 5.10 Å². The minimum atomic E-state index is -0.748. The number of nitrogens with zero attached hydrogens (tertiary/aromatic N) is 5. The van der Waals surface area contributed by atoms with Crippen molar-refractivity contribution in [3.05, 3.63) is 71.6 Å². The van der Waals surface area contributed by atoms with Crippen molar-refractivity contribution < 1.29 is 22.7 Å². The fourth-order valence-corrected chi connectivity index (χ4v) is 5.44. The molecule has 1 aromatic heterocycles. The minimum absolute atomic E-state index is 0.00802. The number of halogens is 3. The number of benzene rings is 2. The molecule has 2 heterocycles. The molecule has 42 heavy (non-hydrogen) atoms. The van der Waals surface area contributed by atoms with E-state index in [1.54, 1.807) is 14.5 Å². The molecule has 1 saturated heterocycles. The SMILES string of the molecule is C[C@@H]1CN(C(=O)N(CC[C@@H](N)CF)[C@@H](c2nc(-c3cc(F)ccc3F)nn2Cc2ccccc2)C(C)(C)C)C[C@H](C)O1. The van der Waals surface area contributed by atoms with Crippen molar-refractivity contribution in [2.24, 2.45) is 11.1 Å². The molecular formula is C31H41F3N6O2. The second-order valence-electron chi connectivity index (χ2n) is 12.2. The molecule has 0 radical (unpaired) electrons. The van der Waals surface area contributed by atoms with E-state index in [-0.39, 0.29) is 49.1 Å². The van der Waals surface area contributed by atoms with Gasteiger partial charge in [0.2, 0.25) is 0 Å². The predicted octanol–water partition coefficient (Wildman–Crippen LogP) is 5.58. The van der Waals surface area contributed by atoms with E-state index >= 15 is 0 Å². The molecule has 0 bridgehead atoms. The molecular weight excluding hydrogens is 545 g/mol. The minimum Gasteiger partial charge on any atom is -0.372 e. The summed E-state index contributed by atoms with van der Waals surface area (Å²) in [5.41, 5.74) is 6.21. The third-order valence-electron chi connectivity index (χ3n) is 7.30. The molecule has 1 aliphatic rings. The fraction of sp³-hybridized carbons (Fsp3) is 0.516. The van der Waals surface area contributed by atoms with Gasteiger partial charge in [0.15, 0.2) is 11.6 Å². The number of morpholine rings is 1. The average molecular weight is 587 g/mol. The van der Waals surface area contributed by atoms with E-state index in [0.717, 1.165) is 23.8 Å². The highest BCUT2D eigenvalue weighted by Crippen LogP contribution is 2.39. The standard InChI is InChI=1S/C31H41F3N6O2/c1-20-17-38(18-21(2)42-20)30(41)39(14-13-24(35)16-32)27(31(3,4)5)29-36-28(25-15-23(33)11-12-26(25)34)37-40(29)19-22-9-7-6-8-10-22/h6-12,15,20-21,24,27H,13-14,16-19,35H2,1-5H3/t20-,21+,24-,27+/m1/s1. The summed E-state index contributed by atoms with van der Waals surface area (Å²) >= 11 is 0. The summed E-state index contributed by atoms with van der Waals surface area (Å²) in [4.78, 5) is 22.5. The highest BCUT2D eigenvalue weighted by molar-refractivity contribution is 5.75. The lowest BCUT2D eigenvalue weighted by Crippen LogP contribution is -2.55. The van der Waals surface area contributed by atoms with E-state index in [1.165, 1.54) is 0 Å². The first-order valence-corrected chi connectivity index (χ1v) is 14.3. The largest absolute Gasteiger partial charge is 0.372 e. The highest BCUT2D eigenvalue weighted by atomic mass is 19.1. The molecule has 0 spiro atoms. The topological polar surface area (TPSA) is 89.5 Å². The van der Waals surface area contributed by atoms with Crippen molar-refractivity contribution in [2.75, 3.05) is 26.3 Å². The number of urea groups is 1. The first-order valence-electron chi connectivity index (χ1n) is 14.3. The Bertz CT molecular complexity index is 1340. The molecule has 0 saturated carbocycles. The highest BCUT2D eigenvalue weighted by Gasteiger charge is 2.41. The van der Waals surface area contributed by atoms with E-state index in [4.69, 9.17) is 15.5 Å². The Labute approximate surface area is 245 Å². The number of carbonyl (C=O) groups excluding carboxylic acids is 1. The van der Waals surface area contributed by atoms with Crippen molar-refractivity contribution in [2.45, 2.75) is 71.9 Å². The molecule has 3 aromatic rings. The van der Waals surface area contributed by atoms with Gasteiger partial charge in [0, 0.05) is 25.7 Å². The molecule has 2 aromatic carbocycles. The Morgan fingerprint density at radius 3 is 2.40 bits per heavy atom. The van der Waals surface area contributed by atoms with Gasteiger partial charge >= 0.3 is 6.03 Å². The monoisotopic (exact) mass is 586 g/mol. The summed E-state index contributed by atoms with van der Waals surface area (Å²) in [6.07, 6.45) is -0.0994. The lowest BCUT2D eigenvalue weighted by atomic mass is 9.84. The van der Waals surface area contributed by atoms with Crippen LogP contribution in [0.15, 0.2) is 48.5 Å². The maximum absolute atomic E-state index is 14.9. The van der Waals surface area contributed by atoms with Crippen LogP contribution in [-0.2, 0) is 11.3 Å². The predicted molar refractivity (Wildman–Crippen MR) is 155 cm³/mol. The van der Waals surface area contributed by atoms with E-state index in [9.17, 15) is 18.0 Å². The third kappa shape index (κ3) is 7.49. The zero-order chi connectivity index (χ0) is 30.6. The number of nitrogens with two attached hydrogens (primary N) is 1. The first-order chi connectivity index (χ1) is 19.9. The van der Waals surface area contributed by atoms with E-state index < -0.39 is 35.8 Å². The third-order valence-corrected chi connectivity index (χ3v) is 7.30. The number of carbonyl (C=O) groups is 1. The van der Waals surface area contributed by atoms with Crippen molar-refractivity contribution >= 4 is 6.03 Å². The second kappa shape index (κ2) is 13.2. The van der Waals surface area contributed by atoms with Crippen LogP contribution >= 0.6 is 0 Å². The average Bonchev–Trinajstić information content (AvgIpc) is 3.33. The van der Waals surface area contributed by atoms with Crippen molar-refractivity contribution in [3.8, 4) is 11.4 Å². The smallest absolute Gasteiger partial charge is 0.320 e. The summed E-state index contributed by atoms with van der Waals surface area (Å²) in [7, 11) is 0. The molecule has 1 aliphatic heterocycles. The zero-order valence-corrected chi connectivity index (χ0v) is 24.9. The lowest BCUT2D eigenvalue weighted by Gasteiger charge is -2.44. The normalized spacial score (nSPS) is 19.0. The quantitative estimate of drug-likeness (QED) is 0.354. The molecule has 8 nitrogen and oxygen atoms in total. The van der Waals surface area contributed by atoms with Gasteiger partial charge in [0.05, 0.1) is 30.4 Å². The number of ether oxygens (including phenoxy) is 1. The lowest BCUT2D eigenvalue weighted by molar-refractivity contribution is -0.0613. The maximum Gasteiger partial charge on any atom is 0.320 e. The van der Waals surface area contributed by atoms with E-state index in [1.807, 2.05) is 65.0 Å². The zero-order valence-electron chi connectivity index (χ0n) is 24.9. The first kappa shape index (κ1) is 31.5. The van der Waals surface area contributed by atoms with Gasteiger partial charge in [-0.05, 0) is 49.4 Å². The molecule has 2 amide bonds.